The van der Waals surface area contributed by atoms with Gasteiger partial charge in [0, 0.05) is 23.6 Å². The van der Waals surface area contributed by atoms with Crippen molar-refractivity contribution in [2.45, 2.75) is 37.5 Å². The first-order valence-electron chi connectivity index (χ1n) is 7.69. The minimum absolute atomic E-state index is 0.0890. The number of amides is 1. The van der Waals surface area contributed by atoms with Crippen LogP contribution in [0, 0.1) is 0 Å². The third-order valence-electron chi connectivity index (χ3n) is 3.87. The van der Waals surface area contributed by atoms with Crippen LogP contribution in [-0.4, -0.2) is 21.9 Å². The van der Waals surface area contributed by atoms with Crippen LogP contribution in [0.25, 0.3) is 11.5 Å². The van der Waals surface area contributed by atoms with Crippen LogP contribution >= 0.6 is 11.8 Å². The van der Waals surface area contributed by atoms with E-state index in [4.69, 9.17) is 4.42 Å². The summed E-state index contributed by atoms with van der Waals surface area (Å²) in [6, 6.07) is 7.56. The van der Waals surface area contributed by atoms with Crippen molar-refractivity contribution in [3.63, 3.8) is 0 Å². The highest BCUT2D eigenvalue weighted by Gasteiger charge is 2.17. The van der Waals surface area contributed by atoms with Crippen molar-refractivity contribution < 1.29 is 9.21 Å². The van der Waals surface area contributed by atoms with E-state index in [1.54, 1.807) is 24.2 Å². The van der Waals surface area contributed by atoms with Crippen molar-refractivity contribution in [3.8, 4) is 11.5 Å². The van der Waals surface area contributed by atoms with E-state index in [1.807, 2.05) is 24.3 Å². The number of carbonyl (C=O) groups is 1. The molecule has 4 nitrogen and oxygen atoms in total. The molecule has 0 saturated heterocycles. The predicted molar refractivity (Wildman–Crippen MR) is 88.5 cm³/mol. The smallest absolute Gasteiger partial charge is 0.230 e. The summed E-state index contributed by atoms with van der Waals surface area (Å²) >= 11 is 1.78. The molecule has 1 N–H and O–H groups in total. The van der Waals surface area contributed by atoms with Gasteiger partial charge in [-0.3, -0.25) is 9.78 Å². The van der Waals surface area contributed by atoms with E-state index in [1.165, 1.54) is 25.7 Å². The molecular formula is C17H20N2O2S. The monoisotopic (exact) mass is 316 g/mol. The molecule has 1 fully saturated rings. The minimum atomic E-state index is 0.0890. The summed E-state index contributed by atoms with van der Waals surface area (Å²) in [6.07, 6.45) is 8.49. The summed E-state index contributed by atoms with van der Waals surface area (Å²) in [5.41, 5.74) is 1.76. The number of pyridine rings is 1. The van der Waals surface area contributed by atoms with E-state index in [9.17, 15) is 4.79 Å². The van der Waals surface area contributed by atoms with Gasteiger partial charge in [-0.05, 0) is 31.0 Å². The largest absolute Gasteiger partial charge is 0.463 e. The highest BCUT2D eigenvalue weighted by molar-refractivity contribution is 8.00. The Labute approximate surface area is 134 Å². The lowest BCUT2D eigenvalue weighted by Crippen LogP contribution is -2.25. The molecule has 22 heavy (non-hydrogen) atoms. The Morgan fingerprint density at radius 2 is 2.18 bits per heavy atom. The number of nitrogens with one attached hydrogen (secondary N) is 1. The van der Waals surface area contributed by atoms with Gasteiger partial charge in [0.2, 0.25) is 5.91 Å². The molecule has 3 rings (SSSR count). The Balaban J connectivity index is 1.54. The zero-order chi connectivity index (χ0) is 15.2. The van der Waals surface area contributed by atoms with Gasteiger partial charge in [-0.1, -0.05) is 18.9 Å². The second kappa shape index (κ2) is 7.49. The predicted octanol–water partition coefficient (Wildman–Crippen LogP) is 3.63. The van der Waals surface area contributed by atoms with Crippen molar-refractivity contribution in [2.75, 3.05) is 5.75 Å². The highest BCUT2D eigenvalue weighted by atomic mass is 32.2. The van der Waals surface area contributed by atoms with Crippen LogP contribution in [0.3, 0.4) is 0 Å². The standard InChI is InChI=1S/C17H20N2O2S/c20-16(12-22-14-6-1-2-7-14)19-11-13-5-3-9-18-17(13)15-8-4-10-21-15/h3-5,8-10,14H,1-2,6-7,11-12H2,(H,19,20). The average molecular weight is 316 g/mol. The van der Waals surface area contributed by atoms with E-state index in [-0.39, 0.29) is 5.91 Å². The molecule has 1 aliphatic rings. The molecule has 1 amide bonds. The van der Waals surface area contributed by atoms with Gasteiger partial charge in [-0.25, -0.2) is 0 Å². The first-order chi connectivity index (χ1) is 10.8. The van der Waals surface area contributed by atoms with Crippen LogP contribution in [0.5, 0.6) is 0 Å². The SMILES string of the molecule is O=C(CSC1CCCC1)NCc1cccnc1-c1ccco1. The summed E-state index contributed by atoms with van der Waals surface area (Å²) in [7, 11) is 0. The minimum Gasteiger partial charge on any atom is -0.463 e. The van der Waals surface area contributed by atoms with Crippen LogP contribution < -0.4 is 5.32 Å². The Morgan fingerprint density at radius 1 is 1.32 bits per heavy atom. The third kappa shape index (κ3) is 3.91. The number of furan rings is 1. The van der Waals surface area contributed by atoms with Gasteiger partial charge in [-0.2, -0.15) is 0 Å². The molecule has 2 heterocycles. The molecule has 0 bridgehead atoms. The van der Waals surface area contributed by atoms with Crippen LogP contribution in [0.2, 0.25) is 0 Å². The molecule has 0 aliphatic heterocycles. The molecule has 2 aromatic heterocycles. The summed E-state index contributed by atoms with van der Waals surface area (Å²) in [5.74, 6) is 1.36. The summed E-state index contributed by atoms with van der Waals surface area (Å²) in [5, 5.41) is 3.65. The molecule has 0 unspecified atom stereocenters. The second-order valence-corrected chi connectivity index (χ2v) is 6.77. The Hall–Kier alpha value is -1.75. The molecule has 0 radical (unpaired) electrons. The number of nitrogens with zero attached hydrogens (tertiary/aromatic N) is 1. The topological polar surface area (TPSA) is 55.1 Å². The van der Waals surface area contributed by atoms with Gasteiger partial charge in [0.05, 0.1) is 12.0 Å². The third-order valence-corrected chi connectivity index (χ3v) is 5.25. The maximum Gasteiger partial charge on any atom is 0.230 e. The first kappa shape index (κ1) is 15.2. The average Bonchev–Trinajstić information content (AvgIpc) is 3.24. The van der Waals surface area contributed by atoms with E-state index >= 15 is 0 Å². The fraction of sp³-hybridized carbons (Fsp3) is 0.412. The molecular weight excluding hydrogens is 296 g/mol. The van der Waals surface area contributed by atoms with Crippen molar-refractivity contribution >= 4 is 17.7 Å². The van der Waals surface area contributed by atoms with Crippen molar-refractivity contribution in [1.29, 1.82) is 0 Å². The molecule has 0 atom stereocenters. The first-order valence-corrected chi connectivity index (χ1v) is 8.74. The van der Waals surface area contributed by atoms with Gasteiger partial charge in [0.25, 0.3) is 0 Å². The Morgan fingerprint density at radius 3 is 2.95 bits per heavy atom. The molecule has 0 spiro atoms. The van der Waals surface area contributed by atoms with Crippen molar-refractivity contribution in [1.82, 2.24) is 10.3 Å². The normalized spacial score (nSPS) is 15.1. The second-order valence-electron chi connectivity index (χ2n) is 5.48. The number of aromatic nitrogens is 1. The molecule has 5 heteroatoms. The number of hydrogen-bond donors (Lipinski definition) is 1. The lowest BCUT2D eigenvalue weighted by atomic mass is 10.1. The molecule has 2 aromatic rings. The fourth-order valence-corrected chi connectivity index (χ4v) is 3.87. The van der Waals surface area contributed by atoms with Crippen LogP contribution in [-0.2, 0) is 11.3 Å². The summed E-state index contributed by atoms with van der Waals surface area (Å²) < 4.78 is 5.40. The van der Waals surface area contributed by atoms with Gasteiger partial charge in [0.15, 0.2) is 5.76 Å². The molecule has 1 saturated carbocycles. The number of thioether (sulfide) groups is 1. The van der Waals surface area contributed by atoms with Crippen LogP contribution in [0.1, 0.15) is 31.2 Å². The highest BCUT2D eigenvalue weighted by Crippen LogP contribution is 2.29. The molecule has 116 valence electrons. The number of rotatable bonds is 6. The molecule has 1 aliphatic carbocycles. The van der Waals surface area contributed by atoms with E-state index in [0.717, 1.165) is 17.0 Å². The quantitative estimate of drug-likeness (QED) is 0.884. The Bertz CT molecular complexity index is 607. The van der Waals surface area contributed by atoms with Gasteiger partial charge >= 0.3 is 0 Å². The lowest BCUT2D eigenvalue weighted by Gasteiger charge is -2.10. The maximum atomic E-state index is 12.0. The van der Waals surface area contributed by atoms with Crippen molar-refractivity contribution in [3.05, 3.63) is 42.3 Å². The zero-order valence-electron chi connectivity index (χ0n) is 12.5. The fourth-order valence-electron chi connectivity index (χ4n) is 2.71. The van der Waals surface area contributed by atoms with E-state index < -0.39 is 0 Å². The lowest BCUT2D eigenvalue weighted by molar-refractivity contribution is -0.118. The summed E-state index contributed by atoms with van der Waals surface area (Å²) in [4.78, 5) is 16.4. The Kier molecular flexibility index (Phi) is 5.16. The van der Waals surface area contributed by atoms with Gasteiger partial charge in [0.1, 0.15) is 5.69 Å². The molecule has 0 aromatic carbocycles. The van der Waals surface area contributed by atoms with Gasteiger partial charge in [-0.15, -0.1) is 11.8 Å². The number of carbonyl (C=O) groups excluding carboxylic acids is 1. The van der Waals surface area contributed by atoms with Crippen LogP contribution in [0.15, 0.2) is 41.1 Å². The summed E-state index contributed by atoms with van der Waals surface area (Å²) in [6.45, 7) is 0.480. The van der Waals surface area contributed by atoms with Gasteiger partial charge < -0.3 is 9.73 Å². The van der Waals surface area contributed by atoms with E-state index in [2.05, 4.69) is 10.3 Å². The maximum absolute atomic E-state index is 12.0. The number of hydrogen-bond acceptors (Lipinski definition) is 4. The van der Waals surface area contributed by atoms with Crippen molar-refractivity contribution in [2.24, 2.45) is 0 Å². The van der Waals surface area contributed by atoms with Crippen LogP contribution in [0.4, 0.5) is 0 Å². The zero-order valence-corrected chi connectivity index (χ0v) is 13.3. The van der Waals surface area contributed by atoms with E-state index in [0.29, 0.717) is 17.5 Å².